The first-order valence-electron chi connectivity index (χ1n) is 6.66. The fourth-order valence-corrected chi connectivity index (χ4v) is 4.20. The van der Waals surface area contributed by atoms with E-state index >= 15 is 0 Å². The molecule has 4 atom stereocenters. The van der Waals surface area contributed by atoms with Crippen LogP contribution in [0.4, 0.5) is 0 Å². The summed E-state index contributed by atoms with van der Waals surface area (Å²) < 4.78 is 0. The molecular formula is C15H25N. The van der Waals surface area contributed by atoms with Crippen molar-refractivity contribution in [3.63, 3.8) is 0 Å². The Morgan fingerprint density at radius 1 is 1.44 bits per heavy atom. The predicted molar refractivity (Wildman–Crippen MR) is 69.1 cm³/mol. The van der Waals surface area contributed by atoms with Crippen LogP contribution in [0.15, 0.2) is 0 Å². The molecule has 90 valence electrons. The summed E-state index contributed by atoms with van der Waals surface area (Å²) in [5.74, 6) is 3.78. The molecule has 2 aliphatic rings. The molecule has 1 heteroatoms. The van der Waals surface area contributed by atoms with Gasteiger partial charge >= 0.3 is 0 Å². The van der Waals surface area contributed by atoms with Crippen LogP contribution < -0.4 is 5.32 Å². The van der Waals surface area contributed by atoms with Gasteiger partial charge in [-0.05, 0) is 42.4 Å². The van der Waals surface area contributed by atoms with E-state index in [1.54, 1.807) is 0 Å². The molecule has 1 N–H and O–H groups in total. The molecule has 2 saturated carbocycles. The Balaban J connectivity index is 2.17. The van der Waals surface area contributed by atoms with Gasteiger partial charge in [0.1, 0.15) is 0 Å². The number of terminal acetylenes is 1. The fourth-order valence-electron chi connectivity index (χ4n) is 4.20. The van der Waals surface area contributed by atoms with Crippen molar-refractivity contribution in [1.29, 1.82) is 0 Å². The standard InChI is InChI=1S/C15H25N/c1-6-12(7-2)16-13-14(3,4)11-8-9-15(13,5)10-11/h1,11-13,16H,7-10H2,2-5H3. The Bertz CT molecular complexity index is 307. The van der Waals surface area contributed by atoms with E-state index in [9.17, 15) is 0 Å². The molecule has 4 unspecified atom stereocenters. The molecular weight excluding hydrogens is 194 g/mol. The topological polar surface area (TPSA) is 12.0 Å². The van der Waals surface area contributed by atoms with E-state index in [-0.39, 0.29) is 6.04 Å². The molecule has 2 aliphatic carbocycles. The highest BCUT2D eigenvalue weighted by atomic mass is 15.0. The normalized spacial score (nSPS) is 41.9. The third kappa shape index (κ3) is 1.59. The molecule has 0 spiro atoms. The van der Waals surface area contributed by atoms with Crippen molar-refractivity contribution in [1.82, 2.24) is 5.32 Å². The molecule has 0 aromatic rings. The van der Waals surface area contributed by atoms with E-state index < -0.39 is 0 Å². The van der Waals surface area contributed by atoms with Gasteiger partial charge in [-0.15, -0.1) is 6.42 Å². The van der Waals surface area contributed by atoms with Gasteiger partial charge < -0.3 is 0 Å². The fraction of sp³-hybridized carbons (Fsp3) is 0.867. The van der Waals surface area contributed by atoms with Gasteiger partial charge in [-0.25, -0.2) is 0 Å². The maximum atomic E-state index is 5.58. The van der Waals surface area contributed by atoms with Gasteiger partial charge in [0.05, 0.1) is 6.04 Å². The Morgan fingerprint density at radius 3 is 2.56 bits per heavy atom. The molecule has 0 amide bonds. The van der Waals surface area contributed by atoms with Crippen molar-refractivity contribution in [2.75, 3.05) is 0 Å². The first kappa shape index (κ1) is 12.0. The zero-order chi connectivity index (χ0) is 12.0. The quantitative estimate of drug-likeness (QED) is 0.719. The highest BCUT2D eigenvalue weighted by Gasteiger charge is 2.59. The highest BCUT2D eigenvalue weighted by molar-refractivity contribution is 5.14. The van der Waals surface area contributed by atoms with E-state index in [0.29, 0.717) is 16.9 Å². The summed E-state index contributed by atoms with van der Waals surface area (Å²) >= 11 is 0. The van der Waals surface area contributed by atoms with Crippen LogP contribution in [0.2, 0.25) is 0 Å². The molecule has 0 saturated heterocycles. The summed E-state index contributed by atoms with van der Waals surface area (Å²) in [5, 5.41) is 3.74. The summed E-state index contributed by atoms with van der Waals surface area (Å²) in [4.78, 5) is 0. The van der Waals surface area contributed by atoms with E-state index in [2.05, 4.69) is 38.9 Å². The number of rotatable bonds is 3. The largest absolute Gasteiger partial charge is 0.300 e. The van der Waals surface area contributed by atoms with Gasteiger partial charge in [-0.2, -0.15) is 0 Å². The van der Waals surface area contributed by atoms with Gasteiger partial charge in [-0.3, -0.25) is 5.32 Å². The summed E-state index contributed by atoms with van der Waals surface area (Å²) in [6, 6.07) is 0.847. The van der Waals surface area contributed by atoms with Gasteiger partial charge in [-0.1, -0.05) is 33.6 Å². The van der Waals surface area contributed by atoms with E-state index in [4.69, 9.17) is 6.42 Å². The van der Waals surface area contributed by atoms with Crippen molar-refractivity contribution in [2.24, 2.45) is 16.7 Å². The van der Waals surface area contributed by atoms with Crippen molar-refractivity contribution in [3.05, 3.63) is 0 Å². The smallest absolute Gasteiger partial charge is 0.0686 e. The second-order valence-electron chi connectivity index (χ2n) is 6.64. The maximum absolute atomic E-state index is 5.58. The zero-order valence-electron chi connectivity index (χ0n) is 11.1. The average molecular weight is 219 g/mol. The molecule has 0 aromatic heterocycles. The van der Waals surface area contributed by atoms with Crippen molar-refractivity contribution in [2.45, 2.75) is 65.5 Å². The Morgan fingerprint density at radius 2 is 2.12 bits per heavy atom. The van der Waals surface area contributed by atoms with Gasteiger partial charge in [0.15, 0.2) is 0 Å². The third-order valence-corrected chi connectivity index (χ3v) is 5.25. The Kier molecular flexibility index (Phi) is 2.83. The Labute approximate surface area is 100 Å². The number of hydrogen-bond acceptors (Lipinski definition) is 1. The van der Waals surface area contributed by atoms with Crippen LogP contribution in [0.1, 0.15) is 53.4 Å². The first-order valence-corrected chi connectivity index (χ1v) is 6.66. The molecule has 0 aliphatic heterocycles. The molecule has 0 heterocycles. The maximum Gasteiger partial charge on any atom is 0.0686 e. The number of hydrogen-bond donors (Lipinski definition) is 1. The lowest BCUT2D eigenvalue weighted by atomic mass is 9.68. The van der Waals surface area contributed by atoms with Crippen molar-refractivity contribution in [3.8, 4) is 12.3 Å². The van der Waals surface area contributed by atoms with Gasteiger partial charge in [0, 0.05) is 6.04 Å². The average Bonchev–Trinajstić information content (AvgIpc) is 2.69. The first-order chi connectivity index (χ1) is 7.44. The second-order valence-corrected chi connectivity index (χ2v) is 6.64. The van der Waals surface area contributed by atoms with Crippen LogP contribution >= 0.6 is 0 Å². The molecule has 16 heavy (non-hydrogen) atoms. The highest BCUT2D eigenvalue weighted by Crippen LogP contribution is 2.62. The summed E-state index contributed by atoms with van der Waals surface area (Å²) in [6.07, 6.45) is 10.8. The predicted octanol–water partition coefficient (Wildman–Crippen LogP) is 3.20. The second kappa shape index (κ2) is 3.77. The molecule has 0 radical (unpaired) electrons. The third-order valence-electron chi connectivity index (χ3n) is 5.25. The Hall–Kier alpha value is -0.480. The van der Waals surface area contributed by atoms with E-state index in [1.165, 1.54) is 19.3 Å². The van der Waals surface area contributed by atoms with Crippen LogP contribution in [-0.2, 0) is 0 Å². The molecule has 0 aromatic carbocycles. The molecule has 2 fully saturated rings. The summed E-state index contributed by atoms with van der Waals surface area (Å²) in [7, 11) is 0. The van der Waals surface area contributed by atoms with E-state index in [0.717, 1.165) is 12.3 Å². The summed E-state index contributed by atoms with van der Waals surface area (Å²) in [6.45, 7) is 9.45. The zero-order valence-corrected chi connectivity index (χ0v) is 11.1. The van der Waals surface area contributed by atoms with Crippen LogP contribution in [0.25, 0.3) is 0 Å². The van der Waals surface area contributed by atoms with Crippen LogP contribution in [0.3, 0.4) is 0 Å². The minimum atomic E-state index is 0.250. The van der Waals surface area contributed by atoms with Crippen molar-refractivity contribution < 1.29 is 0 Å². The monoisotopic (exact) mass is 219 g/mol. The number of nitrogens with one attached hydrogen (secondary N) is 1. The summed E-state index contributed by atoms with van der Waals surface area (Å²) in [5.41, 5.74) is 0.899. The molecule has 1 nitrogen and oxygen atoms in total. The lowest BCUT2D eigenvalue weighted by Crippen LogP contribution is -2.53. The SMILES string of the molecule is C#CC(CC)NC1C2(C)CCC(C2)C1(C)C. The minimum absolute atomic E-state index is 0.250. The van der Waals surface area contributed by atoms with E-state index in [1.807, 2.05) is 0 Å². The van der Waals surface area contributed by atoms with Crippen LogP contribution in [0.5, 0.6) is 0 Å². The van der Waals surface area contributed by atoms with Gasteiger partial charge in [0.2, 0.25) is 0 Å². The van der Waals surface area contributed by atoms with Crippen molar-refractivity contribution >= 4 is 0 Å². The van der Waals surface area contributed by atoms with Gasteiger partial charge in [0.25, 0.3) is 0 Å². The van der Waals surface area contributed by atoms with Crippen LogP contribution in [-0.4, -0.2) is 12.1 Å². The minimum Gasteiger partial charge on any atom is -0.300 e. The molecule has 2 bridgehead atoms. The van der Waals surface area contributed by atoms with Crippen LogP contribution in [0, 0.1) is 29.1 Å². The number of fused-ring (bicyclic) bond motifs is 2. The lowest BCUT2D eigenvalue weighted by Gasteiger charge is -2.44. The lowest BCUT2D eigenvalue weighted by molar-refractivity contribution is 0.104. The molecule has 2 rings (SSSR count).